The maximum Gasteiger partial charge on any atom is 0.339 e. The Labute approximate surface area is 174 Å². The number of rotatable bonds is 6. The Kier molecular flexibility index (Phi) is 5.48. The van der Waals surface area contributed by atoms with Gasteiger partial charge in [0, 0.05) is 22.6 Å². The van der Waals surface area contributed by atoms with Crippen molar-refractivity contribution in [1.82, 2.24) is 0 Å². The van der Waals surface area contributed by atoms with Gasteiger partial charge in [0.15, 0.2) is 12.4 Å². The lowest BCUT2D eigenvalue weighted by Gasteiger charge is -2.09. The zero-order valence-corrected chi connectivity index (χ0v) is 17.0. The van der Waals surface area contributed by atoms with Gasteiger partial charge in [-0.3, -0.25) is 4.79 Å². The molecule has 0 radical (unpaired) electrons. The number of carbonyl (C=O) groups excluding carboxylic acids is 1. The summed E-state index contributed by atoms with van der Waals surface area (Å²) in [6.07, 6.45) is 0.625. The lowest BCUT2D eigenvalue weighted by Crippen LogP contribution is -2.12. The van der Waals surface area contributed by atoms with E-state index in [-0.39, 0.29) is 18.0 Å². The van der Waals surface area contributed by atoms with Gasteiger partial charge in [-0.2, -0.15) is 0 Å². The first-order valence-corrected chi connectivity index (χ1v) is 9.94. The highest BCUT2D eigenvalue weighted by Gasteiger charge is 2.12. The fraction of sp³-hybridized carbons (Fsp3) is 0.154. The van der Waals surface area contributed by atoms with Crippen LogP contribution in [0.3, 0.4) is 0 Å². The molecule has 1 aromatic heterocycles. The Bertz CT molecular complexity index is 1250. The van der Waals surface area contributed by atoms with E-state index in [0.717, 1.165) is 22.1 Å². The highest BCUT2D eigenvalue weighted by atomic mass is 16.5. The van der Waals surface area contributed by atoms with Gasteiger partial charge in [-0.25, -0.2) is 4.79 Å². The predicted molar refractivity (Wildman–Crippen MR) is 118 cm³/mol. The summed E-state index contributed by atoms with van der Waals surface area (Å²) in [6, 6.07) is 22.8. The first kappa shape index (κ1) is 19.6. The zero-order chi connectivity index (χ0) is 21.1. The molecule has 0 N–H and O–H groups in total. The van der Waals surface area contributed by atoms with Gasteiger partial charge in [0.1, 0.15) is 11.3 Å². The molecule has 0 aliphatic carbocycles. The van der Waals surface area contributed by atoms with Crippen LogP contribution < -0.4 is 10.4 Å². The van der Waals surface area contributed by atoms with Crippen LogP contribution in [0.25, 0.3) is 22.1 Å². The van der Waals surface area contributed by atoms with Gasteiger partial charge in [0.2, 0.25) is 0 Å². The van der Waals surface area contributed by atoms with Gasteiger partial charge in [-0.15, -0.1) is 0 Å². The fourth-order valence-electron chi connectivity index (χ4n) is 3.58. The molecule has 150 valence electrons. The minimum absolute atomic E-state index is 0.0908. The molecule has 0 saturated heterocycles. The van der Waals surface area contributed by atoms with Gasteiger partial charge in [-0.05, 0) is 42.2 Å². The normalized spacial score (nSPS) is 10.9. The highest BCUT2D eigenvalue weighted by Crippen LogP contribution is 2.25. The first-order chi connectivity index (χ1) is 14.6. The molecule has 4 heteroatoms. The largest absolute Gasteiger partial charge is 0.485 e. The third-order valence-electron chi connectivity index (χ3n) is 5.30. The number of fused-ring (bicyclic) bond motifs is 1. The summed E-state index contributed by atoms with van der Waals surface area (Å²) in [4.78, 5) is 24.6. The molecule has 0 unspecified atom stereocenters. The van der Waals surface area contributed by atoms with Crippen molar-refractivity contribution in [3.8, 4) is 16.9 Å². The molecule has 0 aliphatic heterocycles. The average molecular weight is 398 g/mol. The number of benzene rings is 3. The van der Waals surface area contributed by atoms with E-state index in [9.17, 15) is 9.59 Å². The summed E-state index contributed by atoms with van der Waals surface area (Å²) >= 11 is 0. The number of ketones is 1. The minimum Gasteiger partial charge on any atom is -0.485 e. The molecule has 0 aliphatic rings. The number of hydrogen-bond donors (Lipinski definition) is 0. The quantitative estimate of drug-likeness (QED) is 0.314. The topological polar surface area (TPSA) is 56.5 Å². The molecular formula is C26H22O4. The Morgan fingerprint density at radius 1 is 0.933 bits per heavy atom. The van der Waals surface area contributed by atoms with Crippen LogP contribution >= 0.6 is 0 Å². The fourth-order valence-corrected chi connectivity index (χ4v) is 3.58. The monoisotopic (exact) mass is 398 g/mol. The molecule has 0 atom stereocenters. The van der Waals surface area contributed by atoms with Gasteiger partial charge in [0.25, 0.3) is 0 Å². The van der Waals surface area contributed by atoms with E-state index >= 15 is 0 Å². The molecule has 4 aromatic rings. The van der Waals surface area contributed by atoms with Crippen LogP contribution in [0.1, 0.15) is 28.4 Å². The molecule has 0 spiro atoms. The van der Waals surface area contributed by atoms with Gasteiger partial charge >= 0.3 is 5.63 Å². The van der Waals surface area contributed by atoms with Crippen LogP contribution in [0, 0.1) is 6.92 Å². The standard InChI is InChI=1S/C26H22O4/c1-3-22-17(2)23-14-13-21(15-25(23)30-26(22)28)29-16-24(27)20-11-9-19(10-12-20)18-7-5-4-6-8-18/h4-15H,3,16H2,1-2H3. The van der Waals surface area contributed by atoms with E-state index in [0.29, 0.717) is 28.9 Å². The lowest BCUT2D eigenvalue weighted by atomic mass is 10.0. The van der Waals surface area contributed by atoms with E-state index in [4.69, 9.17) is 9.15 Å². The van der Waals surface area contributed by atoms with Crippen LogP contribution in [-0.2, 0) is 6.42 Å². The Morgan fingerprint density at radius 3 is 2.33 bits per heavy atom. The maximum absolute atomic E-state index is 12.5. The zero-order valence-electron chi connectivity index (χ0n) is 17.0. The highest BCUT2D eigenvalue weighted by molar-refractivity contribution is 5.97. The first-order valence-electron chi connectivity index (χ1n) is 9.94. The van der Waals surface area contributed by atoms with Gasteiger partial charge < -0.3 is 9.15 Å². The van der Waals surface area contributed by atoms with Crippen molar-refractivity contribution < 1.29 is 13.9 Å². The lowest BCUT2D eigenvalue weighted by molar-refractivity contribution is 0.0921. The number of ether oxygens (including phenoxy) is 1. The van der Waals surface area contributed by atoms with E-state index in [2.05, 4.69) is 0 Å². The molecular weight excluding hydrogens is 376 g/mol. The number of Topliss-reactive ketones (excluding diaryl/α,β-unsaturated/α-hetero) is 1. The number of carbonyl (C=O) groups is 1. The Morgan fingerprint density at radius 2 is 1.63 bits per heavy atom. The summed E-state index contributed by atoms with van der Waals surface area (Å²) in [5.41, 5.74) is 4.49. The molecule has 0 saturated carbocycles. The number of hydrogen-bond acceptors (Lipinski definition) is 4. The third kappa shape index (κ3) is 3.90. The molecule has 0 bridgehead atoms. The average Bonchev–Trinajstić information content (AvgIpc) is 2.78. The smallest absolute Gasteiger partial charge is 0.339 e. The Balaban J connectivity index is 1.48. The summed E-state index contributed by atoms with van der Waals surface area (Å²) < 4.78 is 11.1. The van der Waals surface area contributed by atoms with Crippen LogP contribution in [0.15, 0.2) is 82.0 Å². The van der Waals surface area contributed by atoms with Crippen LogP contribution in [0.2, 0.25) is 0 Å². The van der Waals surface area contributed by atoms with Crippen LogP contribution in [0.5, 0.6) is 5.75 Å². The van der Waals surface area contributed by atoms with E-state index in [1.807, 2.05) is 74.5 Å². The predicted octanol–water partition coefficient (Wildman–Crippen LogP) is 5.59. The van der Waals surface area contributed by atoms with Crippen LogP contribution in [0.4, 0.5) is 0 Å². The summed E-state index contributed by atoms with van der Waals surface area (Å²) in [5.74, 6) is 0.372. The molecule has 4 nitrogen and oxygen atoms in total. The summed E-state index contributed by atoms with van der Waals surface area (Å²) in [7, 11) is 0. The van der Waals surface area contributed by atoms with E-state index in [1.165, 1.54) is 0 Å². The van der Waals surface area contributed by atoms with Crippen molar-refractivity contribution in [3.05, 3.63) is 99.9 Å². The summed E-state index contributed by atoms with van der Waals surface area (Å²) in [6.45, 7) is 3.76. The second kappa shape index (κ2) is 8.37. The van der Waals surface area contributed by atoms with Gasteiger partial charge in [0.05, 0.1) is 0 Å². The van der Waals surface area contributed by atoms with Crippen molar-refractivity contribution in [1.29, 1.82) is 0 Å². The van der Waals surface area contributed by atoms with Crippen molar-refractivity contribution in [2.75, 3.05) is 6.61 Å². The van der Waals surface area contributed by atoms with E-state index < -0.39 is 0 Å². The molecule has 0 amide bonds. The second-order valence-corrected chi connectivity index (χ2v) is 7.16. The molecule has 30 heavy (non-hydrogen) atoms. The van der Waals surface area contributed by atoms with Crippen molar-refractivity contribution >= 4 is 16.8 Å². The second-order valence-electron chi connectivity index (χ2n) is 7.16. The molecule has 0 fully saturated rings. The Hall–Kier alpha value is -3.66. The SMILES string of the molecule is CCc1c(C)c2ccc(OCC(=O)c3ccc(-c4ccccc4)cc3)cc2oc1=O. The molecule has 4 rings (SSSR count). The van der Waals surface area contributed by atoms with Crippen molar-refractivity contribution in [3.63, 3.8) is 0 Å². The van der Waals surface area contributed by atoms with E-state index in [1.54, 1.807) is 12.1 Å². The maximum atomic E-state index is 12.5. The third-order valence-corrected chi connectivity index (χ3v) is 5.30. The molecule has 1 heterocycles. The van der Waals surface area contributed by atoms with Crippen LogP contribution in [-0.4, -0.2) is 12.4 Å². The minimum atomic E-state index is -0.325. The summed E-state index contributed by atoms with van der Waals surface area (Å²) in [5, 5.41) is 0.877. The number of aryl methyl sites for hydroxylation is 1. The van der Waals surface area contributed by atoms with Gasteiger partial charge in [-0.1, -0.05) is 61.5 Å². The van der Waals surface area contributed by atoms with Crippen molar-refractivity contribution in [2.45, 2.75) is 20.3 Å². The van der Waals surface area contributed by atoms with Crippen molar-refractivity contribution in [2.24, 2.45) is 0 Å². The molecule has 3 aromatic carbocycles.